The highest BCUT2D eigenvalue weighted by Crippen LogP contribution is 2.41. The number of benzene rings is 2. The van der Waals surface area contributed by atoms with Crippen LogP contribution >= 0.6 is 0 Å². The van der Waals surface area contributed by atoms with Crippen LogP contribution in [0.25, 0.3) is 11.6 Å². The lowest BCUT2D eigenvalue weighted by atomic mass is 10.0. The average Bonchev–Trinajstić information content (AvgIpc) is 2.65. The fourth-order valence-corrected chi connectivity index (χ4v) is 2.36. The molecule has 0 spiro atoms. The van der Waals surface area contributed by atoms with Gasteiger partial charge in [0.25, 0.3) is 5.69 Å². The summed E-state index contributed by atoms with van der Waals surface area (Å²) in [7, 11) is 4.48. The third-order valence-electron chi connectivity index (χ3n) is 3.52. The van der Waals surface area contributed by atoms with E-state index in [4.69, 9.17) is 14.2 Å². The van der Waals surface area contributed by atoms with Crippen molar-refractivity contribution >= 4 is 17.3 Å². The summed E-state index contributed by atoms with van der Waals surface area (Å²) in [6.45, 7) is 0. The molecule has 0 saturated carbocycles. The largest absolute Gasteiger partial charge is 0.493 e. The fourth-order valence-electron chi connectivity index (χ4n) is 2.36. The van der Waals surface area contributed by atoms with Crippen LogP contribution in [0.1, 0.15) is 11.1 Å². The van der Waals surface area contributed by atoms with Crippen LogP contribution < -0.4 is 14.2 Å². The van der Waals surface area contributed by atoms with Gasteiger partial charge in [0.05, 0.1) is 37.9 Å². The summed E-state index contributed by atoms with van der Waals surface area (Å²) in [4.78, 5) is 10.4. The summed E-state index contributed by atoms with van der Waals surface area (Å²) < 4.78 is 15.9. The van der Waals surface area contributed by atoms with Crippen LogP contribution in [0.15, 0.2) is 36.4 Å². The zero-order valence-corrected chi connectivity index (χ0v) is 14.0. The highest BCUT2D eigenvalue weighted by Gasteiger charge is 2.16. The van der Waals surface area contributed by atoms with Gasteiger partial charge in [-0.25, -0.2) is 0 Å². The summed E-state index contributed by atoms with van der Waals surface area (Å²) in [5.74, 6) is 1.29. The zero-order valence-electron chi connectivity index (χ0n) is 14.0. The maximum absolute atomic E-state index is 10.9. The second-order valence-corrected chi connectivity index (χ2v) is 4.90. The predicted molar refractivity (Wildman–Crippen MR) is 92.7 cm³/mol. The topological polar surface area (TPSA) is 94.6 Å². The molecule has 25 heavy (non-hydrogen) atoms. The first kappa shape index (κ1) is 17.8. The zero-order chi connectivity index (χ0) is 18.4. The lowest BCUT2D eigenvalue weighted by molar-refractivity contribution is -0.384. The van der Waals surface area contributed by atoms with E-state index in [1.54, 1.807) is 24.3 Å². The van der Waals surface area contributed by atoms with Gasteiger partial charge in [-0.3, -0.25) is 10.1 Å². The lowest BCUT2D eigenvalue weighted by Crippen LogP contribution is -1.97. The molecule has 7 heteroatoms. The first-order valence-corrected chi connectivity index (χ1v) is 7.21. The molecule has 0 amide bonds. The maximum Gasteiger partial charge on any atom is 0.270 e. The minimum Gasteiger partial charge on any atom is -0.493 e. The van der Waals surface area contributed by atoms with Crippen molar-refractivity contribution in [1.82, 2.24) is 0 Å². The van der Waals surface area contributed by atoms with E-state index in [0.29, 0.717) is 28.4 Å². The fraction of sp³-hybridized carbons (Fsp3) is 0.167. The molecule has 0 fully saturated rings. The van der Waals surface area contributed by atoms with Gasteiger partial charge in [-0.2, -0.15) is 5.26 Å². The van der Waals surface area contributed by atoms with Gasteiger partial charge in [0.15, 0.2) is 11.5 Å². The molecule has 2 rings (SSSR count). The Morgan fingerprint density at radius 2 is 1.84 bits per heavy atom. The molecule has 128 valence electrons. The normalized spacial score (nSPS) is 10.7. The van der Waals surface area contributed by atoms with E-state index >= 15 is 0 Å². The highest BCUT2D eigenvalue weighted by molar-refractivity contribution is 5.91. The van der Waals surface area contributed by atoms with Gasteiger partial charge < -0.3 is 14.2 Å². The van der Waals surface area contributed by atoms with Crippen molar-refractivity contribution in [2.45, 2.75) is 0 Å². The summed E-state index contributed by atoms with van der Waals surface area (Å²) in [6.07, 6.45) is 1.58. The van der Waals surface area contributed by atoms with Crippen molar-refractivity contribution in [2.75, 3.05) is 21.3 Å². The molecule has 0 aliphatic heterocycles. The molecule has 0 radical (unpaired) electrons. The van der Waals surface area contributed by atoms with Gasteiger partial charge in [0.1, 0.15) is 0 Å². The standard InChI is InChI=1S/C18H16N2O5/c1-23-16-8-7-13(17(24-2)18(16)25-3)9-14(11-19)12-5-4-6-15(10-12)20(21)22/h4-10H,1-3H3. The number of nitro groups is 1. The Morgan fingerprint density at radius 1 is 1.12 bits per heavy atom. The Hall–Kier alpha value is -3.53. The molecule has 0 saturated heterocycles. The Labute approximate surface area is 144 Å². The van der Waals surface area contributed by atoms with Crippen molar-refractivity contribution in [1.29, 1.82) is 5.26 Å². The number of nitrogens with zero attached hydrogens (tertiary/aromatic N) is 2. The van der Waals surface area contributed by atoms with Crippen molar-refractivity contribution in [3.8, 4) is 23.3 Å². The third kappa shape index (κ3) is 3.70. The monoisotopic (exact) mass is 340 g/mol. The Bertz CT molecular complexity index is 868. The average molecular weight is 340 g/mol. The maximum atomic E-state index is 10.9. The van der Waals surface area contributed by atoms with E-state index in [2.05, 4.69) is 6.07 Å². The van der Waals surface area contributed by atoms with E-state index in [1.807, 2.05) is 0 Å². The number of ether oxygens (including phenoxy) is 3. The minimum atomic E-state index is -0.504. The van der Waals surface area contributed by atoms with Gasteiger partial charge >= 0.3 is 0 Å². The van der Waals surface area contributed by atoms with Gasteiger partial charge in [0, 0.05) is 17.7 Å². The van der Waals surface area contributed by atoms with Crippen LogP contribution in [-0.4, -0.2) is 26.3 Å². The molecule has 0 atom stereocenters. The molecule has 0 aromatic heterocycles. The number of hydrogen-bond acceptors (Lipinski definition) is 6. The second kappa shape index (κ2) is 7.84. The van der Waals surface area contributed by atoms with Gasteiger partial charge in [-0.05, 0) is 23.8 Å². The van der Waals surface area contributed by atoms with Crippen LogP contribution in [0, 0.1) is 21.4 Å². The van der Waals surface area contributed by atoms with Crippen LogP contribution in [0.2, 0.25) is 0 Å². The molecular weight excluding hydrogens is 324 g/mol. The molecule has 0 N–H and O–H groups in total. The van der Waals surface area contributed by atoms with E-state index in [1.165, 1.54) is 39.5 Å². The number of non-ortho nitro benzene ring substituents is 1. The van der Waals surface area contributed by atoms with Gasteiger partial charge in [-0.1, -0.05) is 12.1 Å². The summed E-state index contributed by atoms with van der Waals surface area (Å²) >= 11 is 0. The number of hydrogen-bond donors (Lipinski definition) is 0. The lowest BCUT2D eigenvalue weighted by Gasteiger charge is -2.14. The Balaban J connectivity index is 2.59. The van der Waals surface area contributed by atoms with E-state index in [-0.39, 0.29) is 11.3 Å². The minimum absolute atomic E-state index is 0.0853. The second-order valence-electron chi connectivity index (χ2n) is 4.90. The number of allylic oxidation sites excluding steroid dienone is 1. The van der Waals surface area contributed by atoms with Crippen LogP contribution in [0.5, 0.6) is 17.2 Å². The van der Waals surface area contributed by atoms with Gasteiger partial charge in [-0.15, -0.1) is 0 Å². The third-order valence-corrected chi connectivity index (χ3v) is 3.52. The first-order chi connectivity index (χ1) is 12.0. The number of methoxy groups -OCH3 is 3. The van der Waals surface area contributed by atoms with Crippen LogP contribution in [0.4, 0.5) is 5.69 Å². The smallest absolute Gasteiger partial charge is 0.270 e. The predicted octanol–water partition coefficient (Wildman–Crippen LogP) is 3.68. The molecule has 0 aliphatic carbocycles. The summed E-state index contributed by atoms with van der Waals surface area (Å²) in [5.41, 5.74) is 1.20. The van der Waals surface area contributed by atoms with E-state index in [0.717, 1.165) is 0 Å². The van der Waals surface area contributed by atoms with Crippen molar-refractivity contribution < 1.29 is 19.1 Å². The molecule has 2 aromatic carbocycles. The SMILES string of the molecule is COc1ccc(C=C(C#N)c2cccc([N+](=O)[O-])c2)c(OC)c1OC. The molecule has 0 aliphatic rings. The molecule has 0 unspecified atom stereocenters. The molecular formula is C18H16N2O5. The Morgan fingerprint density at radius 3 is 2.40 bits per heavy atom. The number of nitro benzene ring substituents is 1. The number of rotatable bonds is 6. The summed E-state index contributed by atoms with van der Waals surface area (Å²) in [6, 6.07) is 11.4. The van der Waals surface area contributed by atoms with Crippen LogP contribution in [0.3, 0.4) is 0 Å². The summed E-state index contributed by atoms with van der Waals surface area (Å²) in [5, 5.41) is 20.4. The van der Waals surface area contributed by atoms with Crippen molar-refractivity contribution in [3.05, 3.63) is 57.6 Å². The molecule has 0 bridgehead atoms. The highest BCUT2D eigenvalue weighted by atomic mass is 16.6. The van der Waals surface area contributed by atoms with Gasteiger partial charge in [0.2, 0.25) is 5.75 Å². The molecule has 2 aromatic rings. The van der Waals surface area contributed by atoms with Crippen LogP contribution in [-0.2, 0) is 0 Å². The van der Waals surface area contributed by atoms with Crippen molar-refractivity contribution in [2.24, 2.45) is 0 Å². The van der Waals surface area contributed by atoms with E-state index in [9.17, 15) is 15.4 Å². The molecule has 0 heterocycles. The Kier molecular flexibility index (Phi) is 5.58. The van der Waals surface area contributed by atoms with E-state index < -0.39 is 4.92 Å². The number of nitriles is 1. The van der Waals surface area contributed by atoms with Crippen molar-refractivity contribution in [3.63, 3.8) is 0 Å². The first-order valence-electron chi connectivity index (χ1n) is 7.21. The quantitative estimate of drug-likeness (QED) is 0.344. The molecule has 7 nitrogen and oxygen atoms in total.